The van der Waals surface area contributed by atoms with Gasteiger partial charge in [0.15, 0.2) is 5.82 Å². The van der Waals surface area contributed by atoms with Gasteiger partial charge in [-0.3, -0.25) is 20.1 Å². The third-order valence-electron chi connectivity index (χ3n) is 4.67. The zero-order valence-corrected chi connectivity index (χ0v) is 19.0. The molecule has 2 amide bonds. The molecule has 0 aliphatic carbocycles. The molecule has 1 atom stereocenters. The van der Waals surface area contributed by atoms with Crippen molar-refractivity contribution in [3.63, 3.8) is 0 Å². The van der Waals surface area contributed by atoms with Crippen LogP contribution in [0.4, 0.5) is 23.7 Å². The van der Waals surface area contributed by atoms with E-state index in [1.54, 1.807) is 0 Å². The number of hydrazine groups is 1. The van der Waals surface area contributed by atoms with E-state index in [1.807, 2.05) is 0 Å². The number of aromatic nitrogens is 3. The molecule has 0 aliphatic heterocycles. The molecule has 0 aromatic carbocycles. The van der Waals surface area contributed by atoms with Crippen molar-refractivity contribution < 1.29 is 27.5 Å². The van der Waals surface area contributed by atoms with Gasteiger partial charge < -0.3 is 15.8 Å². The summed E-state index contributed by atoms with van der Waals surface area (Å²) in [6, 6.07) is 6.11. The van der Waals surface area contributed by atoms with Crippen LogP contribution in [0.3, 0.4) is 0 Å². The van der Waals surface area contributed by atoms with Crippen LogP contribution in [0.5, 0.6) is 0 Å². The molecule has 0 saturated carbocycles. The molecule has 0 bridgehead atoms. The monoisotopic (exact) mass is 502 g/mol. The predicted molar refractivity (Wildman–Crippen MR) is 122 cm³/mol. The number of hydrogen-bond acceptors (Lipinski definition) is 9. The van der Waals surface area contributed by atoms with Crippen molar-refractivity contribution in [3.05, 3.63) is 89.3 Å². The standard InChI is InChI=1S/C22H21F3N8O3/c1-11(15-7-13(23)9-30-19(15)25)36-22(35)32-20(33(2)27)18(26)16-5-4-14(10-28-16)31-21(34)12-3-6-17(24)29-8-12/h3-11H,26-27H2,1-2H3,(H,31,34)(H,32,35)/b20-18-/t11-/m1/s1. The van der Waals surface area contributed by atoms with Gasteiger partial charge in [-0.05, 0) is 37.3 Å². The highest BCUT2D eigenvalue weighted by atomic mass is 19.1. The Balaban J connectivity index is 1.71. The van der Waals surface area contributed by atoms with Crippen molar-refractivity contribution >= 4 is 23.4 Å². The Bertz CT molecular complexity index is 1280. The zero-order valence-electron chi connectivity index (χ0n) is 19.0. The van der Waals surface area contributed by atoms with Gasteiger partial charge in [-0.25, -0.2) is 25.0 Å². The first-order valence-electron chi connectivity index (χ1n) is 10.2. The summed E-state index contributed by atoms with van der Waals surface area (Å²) in [6.45, 7) is 1.33. The van der Waals surface area contributed by atoms with Gasteiger partial charge in [0, 0.05) is 13.2 Å². The number of ether oxygens (including phenoxy) is 1. The highest BCUT2D eigenvalue weighted by molar-refractivity contribution is 6.03. The molecule has 188 valence electrons. The summed E-state index contributed by atoms with van der Waals surface area (Å²) in [4.78, 5) is 35.4. The SMILES string of the molecule is C[C@@H](OC(=O)N/C(=C(/N)c1ccc(NC(=O)c2ccc(F)nc2)cn1)N(C)N)c1cc(F)cnc1F. The first-order valence-corrected chi connectivity index (χ1v) is 10.2. The average Bonchev–Trinajstić information content (AvgIpc) is 2.84. The second kappa shape index (κ2) is 11.1. The molecule has 0 saturated heterocycles. The van der Waals surface area contributed by atoms with Crippen LogP contribution in [0.1, 0.15) is 34.6 Å². The Morgan fingerprint density at radius 3 is 2.42 bits per heavy atom. The molecule has 11 nitrogen and oxygen atoms in total. The number of carbonyl (C=O) groups is 2. The lowest BCUT2D eigenvalue weighted by Gasteiger charge is -2.21. The van der Waals surface area contributed by atoms with Crippen LogP contribution in [-0.4, -0.2) is 39.0 Å². The Morgan fingerprint density at radius 1 is 1.06 bits per heavy atom. The van der Waals surface area contributed by atoms with E-state index in [2.05, 4.69) is 25.6 Å². The van der Waals surface area contributed by atoms with Gasteiger partial charge in [0.2, 0.25) is 11.9 Å². The van der Waals surface area contributed by atoms with Gasteiger partial charge in [-0.15, -0.1) is 0 Å². The van der Waals surface area contributed by atoms with Crippen molar-refractivity contribution in [2.45, 2.75) is 13.0 Å². The Labute approximate surface area is 203 Å². The fourth-order valence-corrected chi connectivity index (χ4v) is 2.88. The van der Waals surface area contributed by atoms with E-state index in [0.717, 1.165) is 23.3 Å². The van der Waals surface area contributed by atoms with Crippen LogP contribution in [0.15, 0.2) is 54.7 Å². The largest absolute Gasteiger partial charge is 0.441 e. The second-order valence-corrected chi connectivity index (χ2v) is 7.34. The summed E-state index contributed by atoms with van der Waals surface area (Å²) in [5.41, 5.74) is 6.39. The molecule has 0 aliphatic rings. The number of anilines is 1. The number of carbonyl (C=O) groups excluding carboxylic acids is 2. The Hall–Kier alpha value is -4.72. The van der Waals surface area contributed by atoms with E-state index in [4.69, 9.17) is 16.3 Å². The molecule has 0 fully saturated rings. The Kier molecular flexibility index (Phi) is 8.01. The molecule has 6 N–H and O–H groups in total. The van der Waals surface area contributed by atoms with E-state index in [9.17, 15) is 22.8 Å². The molecule has 3 aromatic rings. The van der Waals surface area contributed by atoms with Crippen LogP contribution >= 0.6 is 0 Å². The molecular weight excluding hydrogens is 481 g/mol. The molecule has 3 rings (SSSR count). The van der Waals surface area contributed by atoms with E-state index < -0.39 is 35.8 Å². The summed E-state index contributed by atoms with van der Waals surface area (Å²) in [5.74, 6) is 2.62. The number of hydrogen-bond donors (Lipinski definition) is 4. The lowest BCUT2D eigenvalue weighted by atomic mass is 10.2. The van der Waals surface area contributed by atoms with E-state index in [1.165, 1.54) is 38.4 Å². The van der Waals surface area contributed by atoms with E-state index >= 15 is 0 Å². The van der Waals surface area contributed by atoms with Crippen molar-refractivity contribution in [2.24, 2.45) is 11.6 Å². The summed E-state index contributed by atoms with van der Waals surface area (Å²) >= 11 is 0. The van der Waals surface area contributed by atoms with E-state index in [0.29, 0.717) is 11.9 Å². The van der Waals surface area contributed by atoms with Crippen LogP contribution < -0.4 is 22.2 Å². The number of amides is 2. The molecule has 3 heterocycles. The van der Waals surface area contributed by atoms with Gasteiger partial charge >= 0.3 is 6.09 Å². The topological polar surface area (TPSA) is 161 Å². The third-order valence-corrected chi connectivity index (χ3v) is 4.67. The lowest BCUT2D eigenvalue weighted by Crippen LogP contribution is -2.39. The van der Waals surface area contributed by atoms with Crippen LogP contribution in [0.25, 0.3) is 5.70 Å². The van der Waals surface area contributed by atoms with Gasteiger partial charge in [0.25, 0.3) is 5.91 Å². The maximum atomic E-state index is 13.8. The highest BCUT2D eigenvalue weighted by Gasteiger charge is 2.20. The van der Waals surface area contributed by atoms with Crippen LogP contribution in [0, 0.1) is 17.7 Å². The predicted octanol–water partition coefficient (Wildman–Crippen LogP) is 2.42. The van der Waals surface area contributed by atoms with Crippen molar-refractivity contribution in [1.29, 1.82) is 0 Å². The first-order chi connectivity index (χ1) is 17.0. The summed E-state index contributed by atoms with van der Waals surface area (Å²) in [7, 11) is 1.38. The lowest BCUT2D eigenvalue weighted by molar-refractivity contribution is 0.102. The number of halogens is 3. The number of nitrogens with zero attached hydrogens (tertiary/aromatic N) is 4. The first kappa shape index (κ1) is 25.9. The zero-order chi connectivity index (χ0) is 26.4. The van der Waals surface area contributed by atoms with Gasteiger partial charge in [0.05, 0.1) is 34.9 Å². The van der Waals surface area contributed by atoms with Gasteiger partial charge in [-0.1, -0.05) is 0 Å². The second-order valence-electron chi connectivity index (χ2n) is 7.34. The van der Waals surface area contributed by atoms with Crippen molar-refractivity contribution in [1.82, 2.24) is 25.3 Å². The molecule has 36 heavy (non-hydrogen) atoms. The highest BCUT2D eigenvalue weighted by Crippen LogP contribution is 2.20. The summed E-state index contributed by atoms with van der Waals surface area (Å²) < 4.78 is 45.2. The fourth-order valence-electron chi connectivity index (χ4n) is 2.88. The van der Waals surface area contributed by atoms with Crippen LogP contribution in [-0.2, 0) is 4.74 Å². The number of rotatable bonds is 7. The number of alkyl carbamates (subject to hydrolysis) is 1. The minimum atomic E-state index is -1.18. The molecule has 0 spiro atoms. The van der Waals surface area contributed by atoms with Crippen LogP contribution in [0.2, 0.25) is 0 Å². The molecular formula is C22H21F3N8O3. The minimum absolute atomic E-state index is 0.0659. The molecule has 14 heteroatoms. The van der Waals surface area contributed by atoms with Crippen molar-refractivity contribution in [3.8, 4) is 0 Å². The van der Waals surface area contributed by atoms with Crippen molar-refractivity contribution in [2.75, 3.05) is 12.4 Å². The summed E-state index contributed by atoms with van der Waals surface area (Å²) in [6.07, 6.45) is 0.835. The molecule has 3 aromatic heterocycles. The number of pyridine rings is 3. The Morgan fingerprint density at radius 2 is 1.81 bits per heavy atom. The number of nitrogens with two attached hydrogens (primary N) is 2. The minimum Gasteiger partial charge on any atom is -0.441 e. The smallest absolute Gasteiger partial charge is 0.413 e. The van der Waals surface area contributed by atoms with E-state index in [-0.39, 0.29) is 28.3 Å². The maximum Gasteiger partial charge on any atom is 0.413 e. The third kappa shape index (κ3) is 6.44. The summed E-state index contributed by atoms with van der Waals surface area (Å²) in [5, 5.41) is 5.89. The molecule has 0 unspecified atom stereocenters. The number of nitrogens with one attached hydrogen (secondary N) is 2. The normalized spacial score (nSPS) is 12.3. The fraction of sp³-hybridized carbons (Fsp3) is 0.136. The molecule has 0 radical (unpaired) electrons. The maximum absolute atomic E-state index is 13.8. The van der Waals surface area contributed by atoms with Gasteiger partial charge in [0.1, 0.15) is 17.6 Å². The van der Waals surface area contributed by atoms with Gasteiger partial charge in [-0.2, -0.15) is 8.78 Å². The average molecular weight is 502 g/mol. The quantitative estimate of drug-likeness (QED) is 0.216.